The number of nitrogens with one attached hydrogen (secondary N) is 1. The summed E-state index contributed by atoms with van der Waals surface area (Å²) in [4.78, 5) is 1.33. The van der Waals surface area contributed by atoms with Gasteiger partial charge in [0.2, 0.25) is 0 Å². The van der Waals surface area contributed by atoms with Gasteiger partial charge in [0.15, 0.2) is 0 Å². The maximum Gasteiger partial charge on any atom is 0.0327 e. The molecule has 3 N–H and O–H groups in total. The van der Waals surface area contributed by atoms with Crippen molar-refractivity contribution in [1.29, 1.82) is 0 Å². The topological polar surface area (TPSA) is 38.0 Å². The lowest BCUT2D eigenvalue weighted by molar-refractivity contribution is 0.559. The van der Waals surface area contributed by atoms with Crippen LogP contribution in [-0.2, 0) is 6.54 Å². The zero-order valence-electron chi connectivity index (χ0n) is 7.01. The molecule has 0 bridgehead atoms. The van der Waals surface area contributed by atoms with Crippen molar-refractivity contribution in [3.8, 4) is 0 Å². The quantitative estimate of drug-likeness (QED) is 0.855. The summed E-state index contributed by atoms with van der Waals surface area (Å²) in [7, 11) is 0. The third kappa shape index (κ3) is 2.86. The third-order valence-corrected chi connectivity index (χ3v) is 3.58. The maximum absolute atomic E-state index is 5.48. The lowest BCUT2D eigenvalue weighted by atomic mass is 10.3. The molecule has 0 fully saturated rings. The van der Waals surface area contributed by atoms with Gasteiger partial charge in [-0.2, -0.15) is 0 Å². The van der Waals surface area contributed by atoms with Crippen LogP contribution >= 0.6 is 27.3 Å². The highest BCUT2D eigenvalue weighted by Gasteiger charge is 2.02. The van der Waals surface area contributed by atoms with Gasteiger partial charge in [-0.1, -0.05) is 0 Å². The van der Waals surface area contributed by atoms with E-state index >= 15 is 0 Å². The van der Waals surface area contributed by atoms with E-state index in [4.69, 9.17) is 5.73 Å². The van der Waals surface area contributed by atoms with Crippen molar-refractivity contribution in [2.75, 3.05) is 6.54 Å². The standard InChI is InChI=1S/C8H13BrN2S/c1-6(4-10)11-5-8-7(9)2-3-12-8/h2-3,6,11H,4-5,10H2,1H3. The number of nitrogens with two attached hydrogens (primary N) is 1. The van der Waals surface area contributed by atoms with Crippen LogP contribution in [0, 0.1) is 0 Å². The first kappa shape index (κ1) is 10.2. The Morgan fingerprint density at radius 1 is 1.75 bits per heavy atom. The minimum absolute atomic E-state index is 0.388. The molecule has 1 rings (SSSR count). The second kappa shape index (κ2) is 4.97. The second-order valence-electron chi connectivity index (χ2n) is 2.71. The molecule has 1 unspecified atom stereocenters. The average Bonchev–Trinajstić information content (AvgIpc) is 2.47. The SMILES string of the molecule is CC(CN)NCc1sccc1Br. The van der Waals surface area contributed by atoms with E-state index in [0.717, 1.165) is 6.54 Å². The first-order valence-electron chi connectivity index (χ1n) is 3.89. The molecule has 0 saturated heterocycles. The zero-order chi connectivity index (χ0) is 8.97. The Balaban J connectivity index is 2.38. The summed E-state index contributed by atoms with van der Waals surface area (Å²) < 4.78 is 1.18. The van der Waals surface area contributed by atoms with E-state index < -0.39 is 0 Å². The smallest absolute Gasteiger partial charge is 0.0327 e. The average molecular weight is 249 g/mol. The van der Waals surface area contributed by atoms with Crippen LogP contribution in [0.1, 0.15) is 11.8 Å². The maximum atomic E-state index is 5.48. The van der Waals surface area contributed by atoms with Crippen LogP contribution in [0.4, 0.5) is 0 Å². The Morgan fingerprint density at radius 2 is 2.50 bits per heavy atom. The van der Waals surface area contributed by atoms with Crippen molar-refractivity contribution in [2.24, 2.45) is 5.73 Å². The molecule has 1 atom stereocenters. The van der Waals surface area contributed by atoms with E-state index in [0.29, 0.717) is 12.6 Å². The number of halogens is 1. The first-order chi connectivity index (χ1) is 5.74. The summed E-state index contributed by atoms with van der Waals surface area (Å²) in [5.74, 6) is 0. The van der Waals surface area contributed by atoms with Crippen LogP contribution in [0.3, 0.4) is 0 Å². The van der Waals surface area contributed by atoms with Gasteiger partial charge in [0.25, 0.3) is 0 Å². The van der Waals surface area contributed by atoms with E-state index in [-0.39, 0.29) is 0 Å². The Bertz CT molecular complexity index is 237. The van der Waals surface area contributed by atoms with Gasteiger partial charge < -0.3 is 11.1 Å². The van der Waals surface area contributed by atoms with E-state index in [9.17, 15) is 0 Å². The highest BCUT2D eigenvalue weighted by molar-refractivity contribution is 9.10. The minimum Gasteiger partial charge on any atom is -0.329 e. The lowest BCUT2D eigenvalue weighted by Gasteiger charge is -2.09. The Kier molecular flexibility index (Phi) is 4.21. The van der Waals surface area contributed by atoms with Crippen LogP contribution in [-0.4, -0.2) is 12.6 Å². The van der Waals surface area contributed by atoms with E-state index in [1.165, 1.54) is 9.35 Å². The molecule has 0 aliphatic carbocycles. The molecule has 0 aromatic carbocycles. The number of hydrogen-bond donors (Lipinski definition) is 2. The highest BCUT2D eigenvalue weighted by Crippen LogP contribution is 2.22. The fraction of sp³-hybridized carbons (Fsp3) is 0.500. The number of thiophene rings is 1. The molecule has 0 radical (unpaired) electrons. The Morgan fingerprint density at radius 3 is 3.00 bits per heavy atom. The molecule has 2 nitrogen and oxygen atoms in total. The minimum atomic E-state index is 0.388. The molecule has 1 aromatic rings. The van der Waals surface area contributed by atoms with Crippen LogP contribution in [0.25, 0.3) is 0 Å². The van der Waals surface area contributed by atoms with Crippen molar-refractivity contribution in [1.82, 2.24) is 5.32 Å². The van der Waals surface area contributed by atoms with Gasteiger partial charge in [0.05, 0.1) is 0 Å². The third-order valence-electron chi connectivity index (χ3n) is 1.66. The molecule has 0 spiro atoms. The molecule has 12 heavy (non-hydrogen) atoms. The summed E-state index contributed by atoms with van der Waals surface area (Å²) in [6.07, 6.45) is 0. The summed E-state index contributed by atoms with van der Waals surface area (Å²) in [6.45, 7) is 3.67. The first-order valence-corrected chi connectivity index (χ1v) is 5.56. The summed E-state index contributed by atoms with van der Waals surface area (Å²) >= 11 is 5.23. The molecule has 1 heterocycles. The van der Waals surface area contributed by atoms with Crippen LogP contribution < -0.4 is 11.1 Å². The largest absolute Gasteiger partial charge is 0.329 e. The molecule has 68 valence electrons. The van der Waals surface area contributed by atoms with E-state index in [1.54, 1.807) is 11.3 Å². The zero-order valence-corrected chi connectivity index (χ0v) is 9.41. The van der Waals surface area contributed by atoms with Gasteiger partial charge >= 0.3 is 0 Å². The predicted octanol–water partition coefficient (Wildman–Crippen LogP) is 1.95. The highest BCUT2D eigenvalue weighted by atomic mass is 79.9. The molecule has 0 aliphatic heterocycles. The van der Waals surface area contributed by atoms with Crippen LogP contribution in [0.15, 0.2) is 15.9 Å². The molecule has 4 heteroatoms. The number of hydrogen-bond acceptors (Lipinski definition) is 3. The van der Waals surface area contributed by atoms with Crippen molar-refractivity contribution in [2.45, 2.75) is 19.5 Å². The normalized spacial score (nSPS) is 13.2. The lowest BCUT2D eigenvalue weighted by Crippen LogP contribution is -2.32. The van der Waals surface area contributed by atoms with E-state index in [1.807, 2.05) is 0 Å². The van der Waals surface area contributed by atoms with Gasteiger partial charge in [0.1, 0.15) is 0 Å². The molecule has 0 saturated carbocycles. The number of rotatable bonds is 4. The van der Waals surface area contributed by atoms with Gasteiger partial charge in [-0.15, -0.1) is 11.3 Å². The summed E-state index contributed by atoms with van der Waals surface area (Å²) in [5, 5.41) is 5.41. The van der Waals surface area contributed by atoms with Crippen molar-refractivity contribution < 1.29 is 0 Å². The predicted molar refractivity (Wildman–Crippen MR) is 57.4 cm³/mol. The van der Waals surface area contributed by atoms with Crippen LogP contribution in [0.5, 0.6) is 0 Å². The van der Waals surface area contributed by atoms with Gasteiger partial charge in [-0.3, -0.25) is 0 Å². The van der Waals surface area contributed by atoms with Gasteiger partial charge in [-0.25, -0.2) is 0 Å². The van der Waals surface area contributed by atoms with Crippen molar-refractivity contribution in [3.63, 3.8) is 0 Å². The van der Waals surface area contributed by atoms with E-state index in [2.05, 4.69) is 39.6 Å². The van der Waals surface area contributed by atoms with Gasteiger partial charge in [0, 0.05) is 28.5 Å². The fourth-order valence-electron chi connectivity index (χ4n) is 0.801. The fourth-order valence-corrected chi connectivity index (χ4v) is 2.24. The van der Waals surface area contributed by atoms with Crippen molar-refractivity contribution >= 4 is 27.3 Å². The molecular formula is C8H13BrN2S. The second-order valence-corrected chi connectivity index (χ2v) is 4.56. The molecular weight excluding hydrogens is 236 g/mol. The molecule has 0 amide bonds. The summed E-state index contributed by atoms with van der Waals surface area (Å²) in [6, 6.07) is 2.45. The monoisotopic (exact) mass is 248 g/mol. The van der Waals surface area contributed by atoms with Gasteiger partial charge in [-0.05, 0) is 34.3 Å². The summed E-state index contributed by atoms with van der Waals surface area (Å²) in [5.41, 5.74) is 5.48. The Hall–Kier alpha value is 0.100. The van der Waals surface area contributed by atoms with Crippen LogP contribution in [0.2, 0.25) is 0 Å². The Labute approximate surface area is 85.3 Å². The van der Waals surface area contributed by atoms with Crippen molar-refractivity contribution in [3.05, 3.63) is 20.8 Å². The molecule has 0 aliphatic rings. The molecule has 1 aromatic heterocycles.